The number of benzene rings is 1. The number of rotatable bonds is 2. The maximum Gasteiger partial charge on any atom is 0.319 e. The van der Waals surface area contributed by atoms with E-state index in [1.54, 1.807) is 0 Å². The lowest BCUT2D eigenvalue weighted by Crippen LogP contribution is -2.38. The van der Waals surface area contributed by atoms with Gasteiger partial charge in [-0.1, -0.05) is 0 Å². The third kappa shape index (κ3) is 3.07. The number of urea groups is 1. The fourth-order valence-corrected chi connectivity index (χ4v) is 1.63. The van der Waals surface area contributed by atoms with Crippen molar-refractivity contribution in [2.75, 3.05) is 24.3 Å². The molecule has 4 N–H and O–H groups in total. The lowest BCUT2D eigenvalue weighted by Gasteiger charge is -2.13. The molecule has 1 aromatic rings. The van der Waals surface area contributed by atoms with Crippen molar-refractivity contribution in [1.29, 1.82) is 0 Å². The fourth-order valence-electron chi connectivity index (χ4n) is 1.63. The first-order chi connectivity index (χ1) is 8.15. The molecule has 1 aliphatic rings. The summed E-state index contributed by atoms with van der Waals surface area (Å²) in [6.45, 7) is 1.15. The van der Waals surface area contributed by atoms with E-state index in [0.29, 0.717) is 18.9 Å². The van der Waals surface area contributed by atoms with Crippen LogP contribution in [0.1, 0.15) is 6.42 Å². The molecule has 5 nitrogen and oxygen atoms in total. The van der Waals surface area contributed by atoms with Crippen molar-refractivity contribution in [3.63, 3.8) is 0 Å². The van der Waals surface area contributed by atoms with E-state index >= 15 is 0 Å². The van der Waals surface area contributed by atoms with E-state index in [1.807, 2.05) is 0 Å². The van der Waals surface area contributed by atoms with Crippen LogP contribution in [0.25, 0.3) is 0 Å². The highest BCUT2D eigenvalue weighted by atomic mass is 19.1. The Morgan fingerprint density at radius 2 is 2.35 bits per heavy atom. The Kier molecular flexibility index (Phi) is 3.43. The number of nitrogens with one attached hydrogen (secondary N) is 2. The number of halogens is 1. The minimum absolute atomic E-state index is 0.00443. The Morgan fingerprint density at radius 1 is 1.53 bits per heavy atom. The van der Waals surface area contributed by atoms with E-state index in [4.69, 9.17) is 10.5 Å². The van der Waals surface area contributed by atoms with Gasteiger partial charge in [-0.3, -0.25) is 0 Å². The van der Waals surface area contributed by atoms with Gasteiger partial charge in [-0.2, -0.15) is 0 Å². The highest BCUT2D eigenvalue weighted by Gasteiger charge is 2.18. The van der Waals surface area contributed by atoms with Gasteiger partial charge in [-0.15, -0.1) is 0 Å². The predicted octanol–water partition coefficient (Wildman–Crippen LogP) is 1.32. The summed E-state index contributed by atoms with van der Waals surface area (Å²) in [6, 6.07) is 3.43. The molecule has 1 heterocycles. The van der Waals surface area contributed by atoms with Crippen LogP contribution in [0.5, 0.6) is 0 Å². The van der Waals surface area contributed by atoms with Gasteiger partial charge in [-0.25, -0.2) is 9.18 Å². The van der Waals surface area contributed by atoms with Gasteiger partial charge in [0.1, 0.15) is 5.82 Å². The van der Waals surface area contributed by atoms with Crippen LogP contribution in [0.2, 0.25) is 0 Å². The van der Waals surface area contributed by atoms with Crippen LogP contribution in [-0.4, -0.2) is 25.3 Å². The molecule has 6 heteroatoms. The monoisotopic (exact) mass is 239 g/mol. The first kappa shape index (κ1) is 11.7. The van der Waals surface area contributed by atoms with Crippen molar-refractivity contribution in [1.82, 2.24) is 5.32 Å². The zero-order valence-corrected chi connectivity index (χ0v) is 9.20. The van der Waals surface area contributed by atoms with E-state index in [2.05, 4.69) is 10.6 Å². The Hall–Kier alpha value is -1.82. The van der Waals surface area contributed by atoms with E-state index in [9.17, 15) is 9.18 Å². The highest BCUT2D eigenvalue weighted by Crippen LogP contribution is 2.19. The van der Waals surface area contributed by atoms with Crippen molar-refractivity contribution < 1.29 is 13.9 Å². The molecule has 1 atom stereocenters. The zero-order valence-electron chi connectivity index (χ0n) is 9.20. The van der Waals surface area contributed by atoms with Crippen LogP contribution in [0.3, 0.4) is 0 Å². The molecular formula is C11H14FN3O2. The quantitative estimate of drug-likeness (QED) is 0.681. The SMILES string of the molecule is Nc1ccc(F)cc1NC(=O)NC1CCOC1. The third-order valence-electron chi connectivity index (χ3n) is 2.53. The summed E-state index contributed by atoms with van der Waals surface area (Å²) in [5.41, 5.74) is 6.20. The minimum atomic E-state index is -0.446. The third-order valence-corrected chi connectivity index (χ3v) is 2.53. The normalized spacial score (nSPS) is 19.0. The first-order valence-electron chi connectivity index (χ1n) is 5.35. The molecule has 17 heavy (non-hydrogen) atoms. The number of hydrogen-bond donors (Lipinski definition) is 3. The smallest absolute Gasteiger partial charge is 0.319 e. The van der Waals surface area contributed by atoms with Gasteiger partial charge in [0, 0.05) is 6.61 Å². The van der Waals surface area contributed by atoms with Crippen LogP contribution >= 0.6 is 0 Å². The van der Waals surface area contributed by atoms with Gasteiger partial charge >= 0.3 is 6.03 Å². The van der Waals surface area contributed by atoms with Crippen molar-refractivity contribution in [2.45, 2.75) is 12.5 Å². The summed E-state index contributed by atoms with van der Waals surface area (Å²) in [5, 5.41) is 5.23. The van der Waals surface area contributed by atoms with Gasteiger partial charge < -0.3 is 21.1 Å². The molecule has 92 valence electrons. The van der Waals surface area contributed by atoms with Gasteiger partial charge in [-0.05, 0) is 24.6 Å². The Balaban J connectivity index is 1.95. The van der Waals surface area contributed by atoms with E-state index < -0.39 is 11.8 Å². The molecule has 2 rings (SSSR count). The number of anilines is 2. The molecule has 1 fully saturated rings. The average molecular weight is 239 g/mol. The number of amides is 2. The number of hydrogen-bond acceptors (Lipinski definition) is 3. The van der Waals surface area contributed by atoms with Crippen LogP contribution < -0.4 is 16.4 Å². The topological polar surface area (TPSA) is 76.4 Å². The zero-order chi connectivity index (χ0) is 12.3. The molecule has 0 aromatic heterocycles. The molecule has 1 saturated heterocycles. The Bertz CT molecular complexity index is 419. The molecule has 0 bridgehead atoms. The first-order valence-corrected chi connectivity index (χ1v) is 5.35. The van der Waals surface area contributed by atoms with Crippen molar-refractivity contribution in [2.24, 2.45) is 0 Å². The van der Waals surface area contributed by atoms with E-state index in [-0.39, 0.29) is 11.7 Å². The maximum atomic E-state index is 13.0. The van der Waals surface area contributed by atoms with Gasteiger partial charge in [0.2, 0.25) is 0 Å². The summed E-state index contributed by atoms with van der Waals surface area (Å²) in [4.78, 5) is 11.6. The molecule has 0 spiro atoms. The largest absolute Gasteiger partial charge is 0.397 e. The molecule has 1 aliphatic heterocycles. The van der Waals surface area contributed by atoms with Crippen LogP contribution in [0.15, 0.2) is 18.2 Å². The number of ether oxygens (including phenoxy) is 1. The molecule has 1 aromatic carbocycles. The minimum Gasteiger partial charge on any atom is -0.397 e. The van der Waals surface area contributed by atoms with Crippen LogP contribution in [0.4, 0.5) is 20.6 Å². The van der Waals surface area contributed by atoms with Crippen LogP contribution in [-0.2, 0) is 4.74 Å². The summed E-state index contributed by atoms with van der Waals surface area (Å²) in [6.07, 6.45) is 0.784. The summed E-state index contributed by atoms with van der Waals surface area (Å²) < 4.78 is 18.1. The van der Waals surface area contributed by atoms with E-state index in [1.165, 1.54) is 18.2 Å². The summed E-state index contributed by atoms with van der Waals surface area (Å²) in [7, 11) is 0. The number of carbonyl (C=O) groups excluding carboxylic acids is 1. The molecular weight excluding hydrogens is 225 g/mol. The van der Waals surface area contributed by atoms with Crippen molar-refractivity contribution in [3.05, 3.63) is 24.0 Å². The van der Waals surface area contributed by atoms with Gasteiger partial charge in [0.25, 0.3) is 0 Å². The van der Waals surface area contributed by atoms with E-state index in [0.717, 1.165) is 6.42 Å². The van der Waals surface area contributed by atoms with Crippen molar-refractivity contribution >= 4 is 17.4 Å². The van der Waals surface area contributed by atoms with Crippen LogP contribution in [0, 0.1) is 5.82 Å². The average Bonchev–Trinajstić information content (AvgIpc) is 2.76. The second kappa shape index (κ2) is 5.01. The molecule has 0 aliphatic carbocycles. The van der Waals surface area contributed by atoms with Gasteiger partial charge in [0.05, 0.1) is 24.0 Å². The second-order valence-corrected chi connectivity index (χ2v) is 3.89. The summed E-state index contributed by atoms with van der Waals surface area (Å²) in [5.74, 6) is -0.446. The summed E-state index contributed by atoms with van der Waals surface area (Å²) >= 11 is 0. The Labute approximate surface area is 98.1 Å². The number of nitrogen functional groups attached to an aromatic ring is 1. The predicted molar refractivity (Wildman–Crippen MR) is 62.2 cm³/mol. The number of nitrogens with two attached hydrogens (primary N) is 1. The van der Waals surface area contributed by atoms with Gasteiger partial charge in [0.15, 0.2) is 0 Å². The molecule has 0 radical (unpaired) electrons. The second-order valence-electron chi connectivity index (χ2n) is 3.89. The molecule has 2 amide bonds. The molecule has 0 saturated carbocycles. The number of carbonyl (C=O) groups is 1. The fraction of sp³-hybridized carbons (Fsp3) is 0.364. The maximum absolute atomic E-state index is 13.0. The lowest BCUT2D eigenvalue weighted by atomic mass is 10.2. The molecule has 1 unspecified atom stereocenters. The lowest BCUT2D eigenvalue weighted by molar-refractivity contribution is 0.189. The highest BCUT2D eigenvalue weighted by molar-refractivity contribution is 5.92. The standard InChI is InChI=1S/C11H14FN3O2/c12-7-1-2-9(13)10(5-7)15-11(16)14-8-3-4-17-6-8/h1-2,5,8H,3-4,6,13H2,(H2,14,15,16). The Morgan fingerprint density at radius 3 is 3.06 bits per heavy atom. The van der Waals surface area contributed by atoms with Crippen molar-refractivity contribution in [3.8, 4) is 0 Å².